The number of esters is 1. The molecule has 0 aromatic heterocycles. The normalized spacial score (nSPS) is 12.8. The number of carbonyl (C=O) groups is 3. The summed E-state index contributed by atoms with van der Waals surface area (Å²) < 4.78 is 15.2. The van der Waals surface area contributed by atoms with Crippen LogP contribution in [0, 0.1) is 5.92 Å². The van der Waals surface area contributed by atoms with Gasteiger partial charge < -0.3 is 24.7 Å². The van der Waals surface area contributed by atoms with Crippen molar-refractivity contribution in [1.82, 2.24) is 10.6 Å². The first-order valence-electron chi connectivity index (χ1n) is 9.03. The van der Waals surface area contributed by atoms with Crippen molar-refractivity contribution in [2.24, 2.45) is 5.92 Å². The average molecular weight is 392 g/mol. The summed E-state index contributed by atoms with van der Waals surface area (Å²) in [5.41, 5.74) is 1.66. The van der Waals surface area contributed by atoms with Gasteiger partial charge in [0.1, 0.15) is 12.1 Å². The highest BCUT2D eigenvalue weighted by Crippen LogP contribution is 2.07. The molecule has 0 heterocycles. The van der Waals surface area contributed by atoms with Crippen molar-refractivity contribution in [2.75, 3.05) is 21.3 Å². The summed E-state index contributed by atoms with van der Waals surface area (Å²) in [6, 6.07) is 5.71. The van der Waals surface area contributed by atoms with Gasteiger partial charge in [-0.15, -0.1) is 0 Å². The fraction of sp³-hybridized carbons (Fsp3) is 0.526. The van der Waals surface area contributed by atoms with Gasteiger partial charge in [-0.05, 0) is 16.9 Å². The van der Waals surface area contributed by atoms with Crippen LogP contribution in [0.25, 0.3) is 0 Å². The van der Waals surface area contributed by atoms with Crippen LogP contribution in [-0.4, -0.2) is 58.3 Å². The Morgan fingerprint density at radius 3 is 2.00 bits per heavy atom. The van der Waals surface area contributed by atoms with Crippen molar-refractivity contribution in [1.29, 1.82) is 0 Å². The third-order valence-electron chi connectivity index (χ3n) is 4.23. The number of hydrogen-bond acceptors (Lipinski definition) is 6. The molecule has 1 aromatic rings. The minimum absolute atomic E-state index is 0.137. The zero-order valence-electron chi connectivity index (χ0n) is 17.3. The lowest BCUT2D eigenvalue weighted by atomic mass is 9.78. The molecule has 1 aromatic carbocycles. The molecular weight excluding hydrogens is 363 g/mol. The third-order valence-corrected chi connectivity index (χ3v) is 4.23. The van der Waals surface area contributed by atoms with E-state index in [-0.39, 0.29) is 18.2 Å². The lowest BCUT2D eigenvalue weighted by Crippen LogP contribution is -2.54. The molecule has 0 aliphatic carbocycles. The molecule has 2 N–H and O–H groups in total. The van der Waals surface area contributed by atoms with E-state index in [1.54, 1.807) is 14.2 Å². The molecular formula is C19H29BN2O6. The number of benzene rings is 1. The molecule has 0 aliphatic heterocycles. The van der Waals surface area contributed by atoms with Crippen LogP contribution in [0.1, 0.15) is 26.3 Å². The monoisotopic (exact) mass is 392 g/mol. The molecule has 0 unspecified atom stereocenters. The summed E-state index contributed by atoms with van der Waals surface area (Å²) in [7, 11) is 3.88. The highest BCUT2D eigenvalue weighted by atomic mass is 16.6. The second kappa shape index (κ2) is 11.5. The molecule has 8 nitrogen and oxygen atoms in total. The van der Waals surface area contributed by atoms with E-state index >= 15 is 0 Å². The van der Waals surface area contributed by atoms with Gasteiger partial charge in [0.15, 0.2) is 0 Å². The molecule has 0 radical (unpaired) electrons. The predicted octanol–water partition coefficient (Wildman–Crippen LogP) is 0.0356. The van der Waals surface area contributed by atoms with E-state index in [2.05, 4.69) is 10.6 Å². The topological polar surface area (TPSA) is 103 Å². The summed E-state index contributed by atoms with van der Waals surface area (Å²) in [6.07, 6.45) is 0.244. The second-order valence-electron chi connectivity index (χ2n) is 6.76. The van der Waals surface area contributed by atoms with E-state index in [1.165, 1.54) is 14.0 Å². The van der Waals surface area contributed by atoms with E-state index in [0.717, 1.165) is 11.0 Å². The fourth-order valence-electron chi connectivity index (χ4n) is 2.77. The zero-order chi connectivity index (χ0) is 21.3. The van der Waals surface area contributed by atoms with Crippen LogP contribution in [-0.2, 0) is 34.9 Å². The summed E-state index contributed by atoms with van der Waals surface area (Å²) in [6.45, 7) is 4.97. The minimum atomic E-state index is -0.876. The first kappa shape index (κ1) is 23.7. The van der Waals surface area contributed by atoms with Crippen molar-refractivity contribution < 1.29 is 28.4 Å². The first-order chi connectivity index (χ1) is 13.2. The standard InChI is InChI=1S/C19H29BN2O6/c1-12(2)17(21-13(3)23)18(24)22-16(19(25)26-4)11-14-7-9-15(10-8-14)20(27-5)28-6/h7-10,12,16-17H,11H2,1-6H3,(H,21,23)(H,22,24)/t16-,17-/m1/s1. The largest absolute Gasteiger partial charge is 0.493 e. The van der Waals surface area contributed by atoms with Crippen LogP contribution in [0.15, 0.2) is 24.3 Å². The first-order valence-corrected chi connectivity index (χ1v) is 9.03. The lowest BCUT2D eigenvalue weighted by molar-refractivity contribution is -0.145. The van der Waals surface area contributed by atoms with Crippen molar-refractivity contribution >= 4 is 30.4 Å². The van der Waals surface area contributed by atoms with Crippen LogP contribution in [0.4, 0.5) is 0 Å². The Balaban J connectivity index is 2.92. The molecule has 0 saturated heterocycles. The number of methoxy groups -OCH3 is 1. The molecule has 28 heavy (non-hydrogen) atoms. The van der Waals surface area contributed by atoms with Gasteiger partial charge in [0.05, 0.1) is 7.11 Å². The number of hydrogen-bond donors (Lipinski definition) is 2. The van der Waals surface area contributed by atoms with Gasteiger partial charge in [0, 0.05) is 27.6 Å². The number of nitrogens with one attached hydrogen (secondary N) is 2. The predicted molar refractivity (Wildman–Crippen MR) is 106 cm³/mol. The molecule has 9 heteroatoms. The van der Waals surface area contributed by atoms with Crippen molar-refractivity contribution in [3.63, 3.8) is 0 Å². The summed E-state index contributed by atoms with van der Waals surface area (Å²) in [5.74, 6) is -1.45. The smallest absolute Gasteiger partial charge is 0.467 e. The van der Waals surface area contributed by atoms with E-state index in [1.807, 2.05) is 38.1 Å². The second-order valence-corrected chi connectivity index (χ2v) is 6.76. The number of rotatable bonds is 10. The third kappa shape index (κ3) is 6.97. The highest BCUT2D eigenvalue weighted by Gasteiger charge is 2.29. The maximum absolute atomic E-state index is 12.6. The van der Waals surface area contributed by atoms with Crippen molar-refractivity contribution in [3.8, 4) is 0 Å². The molecule has 0 fully saturated rings. The Bertz CT molecular complexity index is 661. The average Bonchev–Trinajstić information content (AvgIpc) is 2.66. The Morgan fingerprint density at radius 2 is 1.57 bits per heavy atom. The maximum atomic E-state index is 12.6. The van der Waals surface area contributed by atoms with Crippen LogP contribution >= 0.6 is 0 Å². The number of amides is 2. The molecule has 0 aliphatic rings. The Morgan fingerprint density at radius 1 is 1.00 bits per heavy atom. The van der Waals surface area contributed by atoms with Crippen LogP contribution < -0.4 is 16.1 Å². The zero-order valence-corrected chi connectivity index (χ0v) is 17.3. The van der Waals surface area contributed by atoms with E-state index in [4.69, 9.17) is 14.0 Å². The van der Waals surface area contributed by atoms with Gasteiger partial charge in [-0.3, -0.25) is 9.59 Å². The van der Waals surface area contributed by atoms with E-state index < -0.39 is 31.1 Å². The quantitative estimate of drug-likeness (QED) is 0.431. The van der Waals surface area contributed by atoms with E-state index in [9.17, 15) is 14.4 Å². The summed E-state index contributed by atoms with van der Waals surface area (Å²) in [5, 5.41) is 5.29. The highest BCUT2D eigenvalue weighted by molar-refractivity contribution is 6.61. The van der Waals surface area contributed by atoms with Crippen LogP contribution in [0.5, 0.6) is 0 Å². The maximum Gasteiger partial charge on any atom is 0.493 e. The Labute approximate surface area is 166 Å². The minimum Gasteiger partial charge on any atom is -0.467 e. The van der Waals surface area contributed by atoms with Gasteiger partial charge >= 0.3 is 13.1 Å². The van der Waals surface area contributed by atoms with Gasteiger partial charge in [0.2, 0.25) is 11.8 Å². The van der Waals surface area contributed by atoms with Gasteiger partial charge in [0.25, 0.3) is 0 Å². The van der Waals surface area contributed by atoms with Gasteiger partial charge in [-0.25, -0.2) is 4.79 Å². The molecule has 154 valence electrons. The Hall–Kier alpha value is -2.39. The number of carbonyl (C=O) groups excluding carboxylic acids is 3. The molecule has 2 amide bonds. The van der Waals surface area contributed by atoms with Gasteiger partial charge in [-0.2, -0.15) is 0 Å². The Kier molecular flexibility index (Phi) is 9.68. The number of ether oxygens (including phenoxy) is 1. The van der Waals surface area contributed by atoms with Crippen molar-refractivity contribution in [2.45, 2.75) is 39.3 Å². The van der Waals surface area contributed by atoms with E-state index in [0.29, 0.717) is 0 Å². The SMILES string of the molecule is COB(OC)c1ccc(C[C@@H](NC(=O)[C@H](NC(C)=O)C(C)C)C(=O)OC)cc1. The van der Waals surface area contributed by atoms with Crippen LogP contribution in [0.3, 0.4) is 0 Å². The van der Waals surface area contributed by atoms with Gasteiger partial charge in [-0.1, -0.05) is 38.1 Å². The fourth-order valence-corrected chi connectivity index (χ4v) is 2.77. The molecule has 1 rings (SSSR count). The summed E-state index contributed by atoms with van der Waals surface area (Å²) in [4.78, 5) is 36.1. The molecule has 0 bridgehead atoms. The molecule has 2 atom stereocenters. The van der Waals surface area contributed by atoms with Crippen molar-refractivity contribution in [3.05, 3.63) is 29.8 Å². The molecule has 0 saturated carbocycles. The lowest BCUT2D eigenvalue weighted by Gasteiger charge is -2.24. The molecule has 0 spiro atoms. The summed E-state index contributed by atoms with van der Waals surface area (Å²) >= 11 is 0. The van der Waals surface area contributed by atoms with Crippen LogP contribution in [0.2, 0.25) is 0 Å².